The predicted molar refractivity (Wildman–Crippen MR) is 75.5 cm³/mol. The van der Waals surface area contributed by atoms with Crippen LogP contribution in [-0.4, -0.2) is 20.1 Å². The summed E-state index contributed by atoms with van der Waals surface area (Å²) >= 11 is 0. The topological polar surface area (TPSA) is 77.2 Å². The zero-order chi connectivity index (χ0) is 15.3. The molecule has 3 atom stereocenters. The van der Waals surface area contributed by atoms with E-state index in [2.05, 4.69) is 0 Å². The molecule has 2 aliphatic rings. The Hall–Kier alpha value is -1.43. The molecule has 0 spiro atoms. The van der Waals surface area contributed by atoms with Gasteiger partial charge in [-0.2, -0.15) is 0 Å². The fourth-order valence-corrected chi connectivity index (χ4v) is 6.06. The van der Waals surface area contributed by atoms with Crippen molar-refractivity contribution in [3.05, 3.63) is 30.1 Å². The van der Waals surface area contributed by atoms with Crippen LogP contribution in [0.2, 0.25) is 0 Å². The average Bonchev–Trinajstić information content (AvgIpc) is 2.95. The first-order chi connectivity index (χ1) is 9.82. The fourth-order valence-electron chi connectivity index (χ4n) is 4.12. The predicted octanol–water partition coefficient (Wildman–Crippen LogP) is 1.89. The van der Waals surface area contributed by atoms with E-state index in [0.29, 0.717) is 12.3 Å². The fraction of sp³-hybridized carbons (Fsp3) is 0.533. The van der Waals surface area contributed by atoms with Gasteiger partial charge in [-0.3, -0.25) is 4.79 Å². The molecular formula is C15H18FNO3S. The third-order valence-electron chi connectivity index (χ3n) is 5.05. The van der Waals surface area contributed by atoms with Crippen LogP contribution in [0.1, 0.15) is 25.7 Å². The zero-order valence-corrected chi connectivity index (χ0v) is 12.4. The zero-order valence-electron chi connectivity index (χ0n) is 11.6. The minimum atomic E-state index is -3.55. The number of benzene rings is 1. The highest BCUT2D eigenvalue weighted by Crippen LogP contribution is 2.58. The van der Waals surface area contributed by atoms with E-state index >= 15 is 0 Å². The molecule has 3 rings (SSSR count). The van der Waals surface area contributed by atoms with Gasteiger partial charge in [0.15, 0.2) is 9.84 Å². The normalized spacial score (nSPS) is 31.5. The van der Waals surface area contributed by atoms with Crippen LogP contribution in [0.4, 0.5) is 4.39 Å². The molecule has 6 heteroatoms. The van der Waals surface area contributed by atoms with Crippen LogP contribution < -0.4 is 5.73 Å². The number of carbonyl (C=O) groups excluding carboxylic acids is 1. The van der Waals surface area contributed by atoms with E-state index in [-0.39, 0.29) is 16.6 Å². The number of hydrogen-bond acceptors (Lipinski definition) is 3. The van der Waals surface area contributed by atoms with Crippen molar-refractivity contribution in [1.29, 1.82) is 0 Å². The van der Waals surface area contributed by atoms with Gasteiger partial charge >= 0.3 is 0 Å². The van der Waals surface area contributed by atoms with E-state index in [1.807, 2.05) is 0 Å². The third-order valence-corrected chi connectivity index (χ3v) is 6.99. The van der Waals surface area contributed by atoms with E-state index in [0.717, 1.165) is 31.4 Å². The maximum Gasteiger partial charge on any atom is 0.221 e. The van der Waals surface area contributed by atoms with E-state index in [1.165, 1.54) is 12.1 Å². The number of amides is 1. The van der Waals surface area contributed by atoms with Gasteiger partial charge in [0.1, 0.15) is 5.82 Å². The summed E-state index contributed by atoms with van der Waals surface area (Å²) in [5, 5.41) is 0. The number of halogens is 1. The van der Waals surface area contributed by atoms with E-state index < -0.39 is 27.0 Å². The third kappa shape index (κ3) is 2.46. The van der Waals surface area contributed by atoms with Gasteiger partial charge in [0.05, 0.1) is 10.6 Å². The molecular weight excluding hydrogens is 293 g/mol. The SMILES string of the molecule is NC(=O)C1CC2CCC1(CS(=O)(=O)c1ccc(F)cc1)C2. The molecule has 1 amide bonds. The van der Waals surface area contributed by atoms with Crippen molar-refractivity contribution in [2.24, 2.45) is 23.0 Å². The highest BCUT2D eigenvalue weighted by atomic mass is 32.2. The Morgan fingerprint density at radius 3 is 2.57 bits per heavy atom. The molecule has 2 aliphatic carbocycles. The maximum absolute atomic E-state index is 12.9. The highest BCUT2D eigenvalue weighted by molar-refractivity contribution is 7.91. The molecule has 0 saturated heterocycles. The largest absolute Gasteiger partial charge is 0.369 e. The molecule has 0 aromatic heterocycles. The average molecular weight is 311 g/mol. The molecule has 21 heavy (non-hydrogen) atoms. The van der Waals surface area contributed by atoms with Crippen molar-refractivity contribution in [2.75, 3.05) is 5.75 Å². The maximum atomic E-state index is 12.9. The van der Waals surface area contributed by atoms with Crippen LogP contribution in [0.5, 0.6) is 0 Å². The highest BCUT2D eigenvalue weighted by Gasteiger charge is 2.55. The minimum absolute atomic E-state index is 0.0737. The molecule has 3 unspecified atom stereocenters. The van der Waals surface area contributed by atoms with Gasteiger partial charge in [-0.25, -0.2) is 12.8 Å². The summed E-state index contributed by atoms with van der Waals surface area (Å²) in [6.07, 6.45) is 3.14. The van der Waals surface area contributed by atoms with Crippen LogP contribution in [0.15, 0.2) is 29.2 Å². The second kappa shape index (κ2) is 4.80. The summed E-state index contributed by atoms with van der Waals surface area (Å²) in [5.74, 6) is -0.886. The Balaban J connectivity index is 1.91. The van der Waals surface area contributed by atoms with Crippen LogP contribution >= 0.6 is 0 Å². The molecule has 1 aromatic rings. The van der Waals surface area contributed by atoms with Crippen molar-refractivity contribution in [3.8, 4) is 0 Å². The lowest BCUT2D eigenvalue weighted by Gasteiger charge is -2.32. The summed E-state index contributed by atoms with van der Waals surface area (Å²) in [7, 11) is -3.55. The number of nitrogens with two attached hydrogens (primary N) is 1. The quantitative estimate of drug-likeness (QED) is 0.863. The second-order valence-corrected chi connectivity index (χ2v) is 8.36. The Bertz CT molecular complexity index is 671. The summed E-state index contributed by atoms with van der Waals surface area (Å²) in [6.45, 7) is 0. The molecule has 0 aliphatic heterocycles. The summed E-state index contributed by atoms with van der Waals surface area (Å²) in [4.78, 5) is 11.7. The van der Waals surface area contributed by atoms with Gasteiger partial charge in [0, 0.05) is 5.92 Å². The molecule has 1 aromatic carbocycles. The Morgan fingerprint density at radius 2 is 2.00 bits per heavy atom. The number of carbonyl (C=O) groups is 1. The van der Waals surface area contributed by atoms with Gasteiger partial charge in [-0.1, -0.05) is 0 Å². The lowest BCUT2D eigenvalue weighted by Crippen LogP contribution is -2.40. The Labute approximate surface area is 123 Å². The number of sulfone groups is 1. The van der Waals surface area contributed by atoms with Crippen molar-refractivity contribution in [3.63, 3.8) is 0 Å². The second-order valence-electron chi connectivity index (χ2n) is 6.37. The molecule has 0 radical (unpaired) electrons. The smallest absolute Gasteiger partial charge is 0.221 e. The monoisotopic (exact) mass is 311 g/mol. The van der Waals surface area contributed by atoms with Gasteiger partial charge < -0.3 is 5.73 Å². The molecule has 2 bridgehead atoms. The number of hydrogen-bond donors (Lipinski definition) is 1. The first-order valence-electron chi connectivity index (χ1n) is 7.10. The number of fused-ring (bicyclic) bond motifs is 2. The van der Waals surface area contributed by atoms with E-state index in [1.54, 1.807) is 0 Å². The van der Waals surface area contributed by atoms with Crippen molar-refractivity contribution >= 4 is 15.7 Å². The molecule has 2 fully saturated rings. The lowest BCUT2D eigenvalue weighted by molar-refractivity contribution is -0.125. The van der Waals surface area contributed by atoms with Crippen molar-refractivity contribution in [1.82, 2.24) is 0 Å². The van der Waals surface area contributed by atoms with Crippen LogP contribution in [0.25, 0.3) is 0 Å². The molecule has 2 saturated carbocycles. The van der Waals surface area contributed by atoms with Crippen LogP contribution in [0, 0.1) is 23.1 Å². The van der Waals surface area contributed by atoms with Crippen molar-refractivity contribution in [2.45, 2.75) is 30.6 Å². The summed E-state index contributed by atoms with van der Waals surface area (Å²) < 4.78 is 38.1. The van der Waals surface area contributed by atoms with E-state index in [9.17, 15) is 17.6 Å². The van der Waals surface area contributed by atoms with Crippen molar-refractivity contribution < 1.29 is 17.6 Å². The van der Waals surface area contributed by atoms with Gasteiger partial charge in [-0.05, 0) is 61.3 Å². The van der Waals surface area contributed by atoms with Gasteiger partial charge in [-0.15, -0.1) is 0 Å². The molecule has 114 valence electrons. The minimum Gasteiger partial charge on any atom is -0.369 e. The number of rotatable bonds is 4. The van der Waals surface area contributed by atoms with Gasteiger partial charge in [0.2, 0.25) is 5.91 Å². The lowest BCUT2D eigenvalue weighted by atomic mass is 9.76. The summed E-state index contributed by atoms with van der Waals surface area (Å²) in [6, 6.07) is 4.84. The number of primary amides is 1. The summed E-state index contributed by atoms with van der Waals surface area (Å²) in [5.41, 5.74) is 4.94. The Morgan fingerprint density at radius 1 is 1.33 bits per heavy atom. The van der Waals surface area contributed by atoms with Gasteiger partial charge in [0.25, 0.3) is 0 Å². The molecule has 2 N–H and O–H groups in total. The van der Waals surface area contributed by atoms with E-state index in [4.69, 9.17) is 5.73 Å². The van der Waals surface area contributed by atoms with Crippen LogP contribution in [-0.2, 0) is 14.6 Å². The standard InChI is InChI=1S/C15H18FNO3S/c16-11-1-3-12(4-2-11)21(19,20)9-15-6-5-10(8-15)7-13(15)14(17)18/h1-4,10,13H,5-9H2,(H2,17,18). The van der Waals surface area contributed by atoms with Crippen LogP contribution in [0.3, 0.4) is 0 Å². The first-order valence-corrected chi connectivity index (χ1v) is 8.75. The Kier molecular flexibility index (Phi) is 3.31. The molecule has 0 heterocycles. The first kappa shape index (κ1) is 14.5. The molecule has 4 nitrogen and oxygen atoms in total.